The van der Waals surface area contributed by atoms with Crippen LogP contribution in [-0.4, -0.2) is 21.4 Å². The van der Waals surface area contributed by atoms with E-state index in [-0.39, 0.29) is 0 Å². The van der Waals surface area contributed by atoms with Crippen LogP contribution in [0.1, 0.15) is 42.9 Å². The number of nitrogens with two attached hydrogens (primary N) is 1. The predicted octanol–water partition coefficient (Wildman–Crippen LogP) is 1.60. The van der Waals surface area contributed by atoms with E-state index in [0.29, 0.717) is 11.0 Å². The third-order valence-electron chi connectivity index (χ3n) is 3.63. The molecule has 0 atom stereocenters. The summed E-state index contributed by atoms with van der Waals surface area (Å²) in [6.45, 7) is 0.982. The van der Waals surface area contributed by atoms with E-state index in [1.807, 2.05) is 0 Å². The molecule has 0 spiro atoms. The van der Waals surface area contributed by atoms with Gasteiger partial charge in [-0.25, -0.2) is 0 Å². The fourth-order valence-corrected chi connectivity index (χ4v) is 3.02. The second-order valence-corrected chi connectivity index (χ2v) is 5.04. The number of nitrogens with one attached hydrogen (secondary N) is 1. The summed E-state index contributed by atoms with van der Waals surface area (Å²) >= 11 is 5.03. The fourth-order valence-electron chi connectivity index (χ4n) is 2.89. The van der Waals surface area contributed by atoms with Gasteiger partial charge in [-0.05, 0) is 31.5 Å². The predicted molar refractivity (Wildman–Crippen MR) is 67.8 cm³/mol. The minimum atomic E-state index is 0.342. The van der Waals surface area contributed by atoms with Gasteiger partial charge >= 0.3 is 0 Å². The van der Waals surface area contributed by atoms with Gasteiger partial charge in [0.25, 0.3) is 0 Å². The monoisotopic (exact) mass is 236 g/mol. The Labute approximate surface area is 100 Å². The minimum absolute atomic E-state index is 0.342. The molecule has 0 unspecified atom stereocenters. The Hall–Kier alpha value is -1.10. The molecule has 16 heavy (non-hydrogen) atoms. The van der Waals surface area contributed by atoms with Gasteiger partial charge in [0.05, 0.1) is 5.69 Å². The first-order valence-electron chi connectivity index (χ1n) is 5.93. The number of hydrogen-bond acceptors (Lipinski definition) is 3. The molecule has 0 aromatic carbocycles. The Balaban J connectivity index is 2.05. The molecule has 86 valence electrons. The first kappa shape index (κ1) is 10.1. The van der Waals surface area contributed by atoms with E-state index in [1.165, 1.54) is 36.9 Å². The Bertz CT molecular complexity index is 431. The molecule has 3 rings (SSSR count). The van der Waals surface area contributed by atoms with Crippen molar-refractivity contribution in [3.63, 3.8) is 0 Å². The summed E-state index contributed by atoms with van der Waals surface area (Å²) in [6.07, 6.45) is 6.24. The molecule has 1 aliphatic heterocycles. The molecule has 0 bridgehead atoms. The molecular weight excluding hydrogens is 220 g/mol. The molecule has 2 aliphatic rings. The molecule has 1 aromatic heterocycles. The second-order valence-electron chi connectivity index (χ2n) is 4.62. The van der Waals surface area contributed by atoms with Crippen LogP contribution in [0.15, 0.2) is 0 Å². The second kappa shape index (κ2) is 3.73. The molecule has 0 saturated heterocycles. The van der Waals surface area contributed by atoms with Gasteiger partial charge in [-0.2, -0.15) is 9.78 Å². The van der Waals surface area contributed by atoms with Gasteiger partial charge in [-0.3, -0.25) is 0 Å². The number of hydrogen-bond donors (Lipinski definition) is 2. The number of fused-ring (bicyclic) bond motifs is 1. The number of aromatic nitrogens is 2. The zero-order valence-electron chi connectivity index (χ0n) is 9.20. The molecular formula is C11H16N4S. The highest BCUT2D eigenvalue weighted by Crippen LogP contribution is 2.38. The van der Waals surface area contributed by atoms with Crippen molar-refractivity contribution in [1.82, 2.24) is 9.78 Å². The van der Waals surface area contributed by atoms with Gasteiger partial charge < -0.3 is 11.1 Å². The Morgan fingerprint density at radius 2 is 2.19 bits per heavy atom. The van der Waals surface area contributed by atoms with Crippen molar-refractivity contribution in [3.05, 3.63) is 11.3 Å². The molecule has 4 nitrogen and oxygen atoms in total. The third-order valence-corrected chi connectivity index (χ3v) is 3.81. The Kier molecular flexibility index (Phi) is 2.35. The molecule has 1 aromatic rings. The maximum absolute atomic E-state index is 5.69. The van der Waals surface area contributed by atoms with Crippen molar-refractivity contribution in [3.8, 4) is 0 Å². The molecule has 2 heterocycles. The maximum atomic E-state index is 5.69. The van der Waals surface area contributed by atoms with Crippen LogP contribution < -0.4 is 11.1 Å². The van der Waals surface area contributed by atoms with Crippen LogP contribution in [0, 0.1) is 0 Å². The third kappa shape index (κ3) is 1.42. The standard InChI is InChI=1S/C11H16N4S/c12-11(16)15-10-8(5-6-13-10)9(14-15)7-3-1-2-4-7/h7,13H,1-6H2,(H2,12,16). The fraction of sp³-hybridized carbons (Fsp3) is 0.636. The summed E-state index contributed by atoms with van der Waals surface area (Å²) in [5, 5.41) is 8.27. The summed E-state index contributed by atoms with van der Waals surface area (Å²) < 4.78 is 1.70. The number of nitrogens with zero attached hydrogens (tertiary/aromatic N) is 2. The molecule has 1 saturated carbocycles. The average molecular weight is 236 g/mol. The quantitative estimate of drug-likeness (QED) is 0.727. The van der Waals surface area contributed by atoms with Crippen molar-refractivity contribution in [2.75, 3.05) is 11.9 Å². The number of thiocarbonyl (C=S) groups is 1. The summed E-state index contributed by atoms with van der Waals surface area (Å²) in [6, 6.07) is 0. The van der Waals surface area contributed by atoms with E-state index in [2.05, 4.69) is 10.4 Å². The lowest BCUT2D eigenvalue weighted by Crippen LogP contribution is -2.22. The van der Waals surface area contributed by atoms with Crippen molar-refractivity contribution in [2.24, 2.45) is 5.73 Å². The Morgan fingerprint density at radius 3 is 2.88 bits per heavy atom. The van der Waals surface area contributed by atoms with Crippen molar-refractivity contribution < 1.29 is 0 Å². The summed E-state index contributed by atoms with van der Waals surface area (Å²) in [5.41, 5.74) is 8.28. The van der Waals surface area contributed by atoms with Crippen molar-refractivity contribution in [1.29, 1.82) is 0 Å². The zero-order valence-corrected chi connectivity index (χ0v) is 10.0. The van der Waals surface area contributed by atoms with Gasteiger partial charge in [0.2, 0.25) is 0 Å². The minimum Gasteiger partial charge on any atom is -0.374 e. The van der Waals surface area contributed by atoms with Crippen molar-refractivity contribution in [2.45, 2.75) is 38.0 Å². The summed E-state index contributed by atoms with van der Waals surface area (Å²) in [7, 11) is 0. The normalized spacial score (nSPS) is 19.8. The van der Waals surface area contributed by atoms with Gasteiger partial charge in [0.15, 0.2) is 5.11 Å². The van der Waals surface area contributed by atoms with Crippen LogP contribution in [0.2, 0.25) is 0 Å². The summed E-state index contributed by atoms with van der Waals surface area (Å²) in [5.74, 6) is 1.67. The first-order valence-corrected chi connectivity index (χ1v) is 6.33. The van der Waals surface area contributed by atoms with Gasteiger partial charge in [0, 0.05) is 18.0 Å². The molecule has 1 aliphatic carbocycles. The average Bonchev–Trinajstić information content (AvgIpc) is 2.93. The van der Waals surface area contributed by atoms with E-state index in [9.17, 15) is 0 Å². The first-order chi connectivity index (χ1) is 7.77. The maximum Gasteiger partial charge on any atom is 0.193 e. The highest BCUT2D eigenvalue weighted by molar-refractivity contribution is 7.80. The van der Waals surface area contributed by atoms with Crippen molar-refractivity contribution >= 4 is 23.1 Å². The van der Waals surface area contributed by atoms with E-state index < -0.39 is 0 Å². The SMILES string of the molecule is NC(=S)n1nc(C2CCCC2)c2c1NCC2. The number of rotatable bonds is 1. The highest BCUT2D eigenvalue weighted by Gasteiger charge is 2.29. The van der Waals surface area contributed by atoms with Crippen LogP contribution in [0.3, 0.4) is 0 Å². The van der Waals surface area contributed by atoms with Crippen LogP contribution in [0.25, 0.3) is 0 Å². The summed E-state index contributed by atoms with van der Waals surface area (Å²) in [4.78, 5) is 0. The highest BCUT2D eigenvalue weighted by atomic mass is 32.1. The van der Waals surface area contributed by atoms with E-state index in [4.69, 9.17) is 18.0 Å². The van der Waals surface area contributed by atoms with E-state index >= 15 is 0 Å². The topological polar surface area (TPSA) is 55.9 Å². The zero-order chi connectivity index (χ0) is 11.1. The van der Waals surface area contributed by atoms with E-state index in [1.54, 1.807) is 4.68 Å². The van der Waals surface area contributed by atoms with Crippen LogP contribution in [0.5, 0.6) is 0 Å². The van der Waals surface area contributed by atoms with E-state index in [0.717, 1.165) is 18.8 Å². The van der Waals surface area contributed by atoms with Gasteiger partial charge in [0.1, 0.15) is 5.82 Å². The molecule has 1 fully saturated rings. The molecule has 3 N–H and O–H groups in total. The van der Waals surface area contributed by atoms with Gasteiger partial charge in [-0.1, -0.05) is 12.8 Å². The van der Waals surface area contributed by atoms with Crippen LogP contribution in [0.4, 0.5) is 5.82 Å². The smallest absolute Gasteiger partial charge is 0.193 e. The molecule has 5 heteroatoms. The largest absolute Gasteiger partial charge is 0.374 e. The molecule has 0 radical (unpaired) electrons. The lowest BCUT2D eigenvalue weighted by atomic mass is 9.99. The van der Waals surface area contributed by atoms with Crippen LogP contribution >= 0.6 is 12.2 Å². The Morgan fingerprint density at radius 1 is 1.44 bits per heavy atom. The van der Waals surface area contributed by atoms with Crippen LogP contribution in [-0.2, 0) is 6.42 Å². The lowest BCUT2D eigenvalue weighted by molar-refractivity contribution is 0.675. The lowest BCUT2D eigenvalue weighted by Gasteiger charge is -2.06. The number of anilines is 1. The van der Waals surface area contributed by atoms with Gasteiger partial charge in [-0.15, -0.1) is 0 Å². The molecule has 0 amide bonds.